The predicted octanol–water partition coefficient (Wildman–Crippen LogP) is 5.17. The van der Waals surface area contributed by atoms with Gasteiger partial charge in [0.2, 0.25) is 0 Å². The molecule has 0 amide bonds. The fourth-order valence-corrected chi connectivity index (χ4v) is 6.04. The number of methoxy groups -OCH3 is 2. The van der Waals surface area contributed by atoms with Crippen LogP contribution in [0.3, 0.4) is 0 Å². The van der Waals surface area contributed by atoms with Crippen LogP contribution in [-0.2, 0) is 16.1 Å². The van der Waals surface area contributed by atoms with Crippen LogP contribution in [0, 0.1) is 30.4 Å². The van der Waals surface area contributed by atoms with E-state index in [4.69, 9.17) is 19.9 Å². The summed E-state index contributed by atoms with van der Waals surface area (Å²) in [6.45, 7) is 5.10. The van der Waals surface area contributed by atoms with Gasteiger partial charge in [0.1, 0.15) is 12.4 Å². The van der Waals surface area contributed by atoms with Gasteiger partial charge in [-0.25, -0.2) is 0 Å². The van der Waals surface area contributed by atoms with Gasteiger partial charge in [0.25, 0.3) is 5.69 Å². The van der Waals surface area contributed by atoms with Crippen molar-refractivity contribution in [2.75, 3.05) is 27.4 Å². The van der Waals surface area contributed by atoms with Crippen molar-refractivity contribution in [3.8, 4) is 17.6 Å². The molecule has 0 saturated heterocycles. The second-order valence-corrected chi connectivity index (χ2v) is 11.7. The number of benzene rings is 2. The van der Waals surface area contributed by atoms with Crippen molar-refractivity contribution < 1.29 is 23.9 Å². The summed E-state index contributed by atoms with van der Waals surface area (Å²) in [7, 11) is 3.12. The monoisotopic (exact) mass is 658 g/mol. The van der Waals surface area contributed by atoms with Gasteiger partial charge in [0.15, 0.2) is 17.3 Å². The van der Waals surface area contributed by atoms with E-state index in [0.717, 1.165) is 14.8 Å². The van der Waals surface area contributed by atoms with E-state index in [-0.39, 0.29) is 23.5 Å². The number of hydrogen-bond acceptors (Lipinski definition) is 9. The average Bonchev–Trinajstić information content (AvgIpc) is 2.90. The lowest BCUT2D eigenvalue weighted by molar-refractivity contribution is -0.384. The van der Waals surface area contributed by atoms with E-state index in [1.54, 1.807) is 25.3 Å². The van der Waals surface area contributed by atoms with Gasteiger partial charge in [-0.15, -0.1) is 0 Å². The number of ether oxygens (including phenoxy) is 3. The molecular formula is C29H31IN4O6. The number of non-ortho nitro benzene ring substituents is 1. The van der Waals surface area contributed by atoms with Crippen LogP contribution in [0.1, 0.15) is 43.7 Å². The smallest absolute Gasteiger partial charge is 0.269 e. The van der Waals surface area contributed by atoms with Crippen LogP contribution in [0.5, 0.6) is 11.5 Å². The third-order valence-corrected chi connectivity index (χ3v) is 7.92. The van der Waals surface area contributed by atoms with Gasteiger partial charge < -0.3 is 24.8 Å². The Balaban J connectivity index is 1.75. The molecule has 1 aliphatic carbocycles. The molecule has 0 spiro atoms. The quantitative estimate of drug-likeness (QED) is 0.220. The molecule has 0 fully saturated rings. The molecule has 2 aromatic rings. The summed E-state index contributed by atoms with van der Waals surface area (Å²) in [6.07, 6.45) is 1.00. The lowest BCUT2D eigenvalue weighted by Crippen LogP contribution is -2.43. The molecule has 1 aliphatic heterocycles. The Labute approximate surface area is 246 Å². The Morgan fingerprint density at radius 3 is 2.52 bits per heavy atom. The topological polar surface area (TPSA) is 141 Å². The summed E-state index contributed by atoms with van der Waals surface area (Å²) < 4.78 is 17.8. The van der Waals surface area contributed by atoms with E-state index >= 15 is 0 Å². The molecule has 2 aliphatic rings. The average molecular weight is 658 g/mol. The normalized spacial score (nSPS) is 18.4. The van der Waals surface area contributed by atoms with Gasteiger partial charge in [-0.05, 0) is 69.8 Å². The minimum Gasteiger partial charge on any atom is -0.493 e. The third kappa shape index (κ3) is 5.78. The minimum atomic E-state index is -0.645. The number of rotatable bonds is 9. The van der Waals surface area contributed by atoms with Gasteiger partial charge >= 0.3 is 0 Å². The number of allylic oxidation sites excluding steroid dienone is 3. The molecule has 1 atom stereocenters. The lowest BCUT2D eigenvalue weighted by Gasteiger charge is -2.43. The zero-order valence-corrected chi connectivity index (χ0v) is 25.0. The zero-order chi connectivity index (χ0) is 29.2. The number of ketones is 1. The van der Waals surface area contributed by atoms with Gasteiger partial charge in [-0.3, -0.25) is 14.9 Å². The minimum absolute atomic E-state index is 0.00322. The van der Waals surface area contributed by atoms with E-state index in [1.807, 2.05) is 11.0 Å². The maximum atomic E-state index is 13.7. The van der Waals surface area contributed by atoms with Crippen LogP contribution in [-0.4, -0.2) is 43.0 Å². The van der Waals surface area contributed by atoms with E-state index in [2.05, 4.69) is 42.5 Å². The van der Waals surface area contributed by atoms with Crippen molar-refractivity contribution in [1.29, 1.82) is 5.26 Å². The number of hydrogen-bond donors (Lipinski definition) is 1. The van der Waals surface area contributed by atoms with Crippen LogP contribution < -0.4 is 15.2 Å². The van der Waals surface area contributed by atoms with Gasteiger partial charge in [-0.1, -0.05) is 13.8 Å². The molecular weight excluding hydrogens is 627 g/mol. The Morgan fingerprint density at radius 1 is 1.23 bits per heavy atom. The van der Waals surface area contributed by atoms with Crippen molar-refractivity contribution in [3.05, 3.63) is 83.9 Å². The number of Topliss-reactive ketones (excluding diaryl/α,β-unsaturated/α-hetero) is 1. The molecule has 210 valence electrons. The maximum absolute atomic E-state index is 13.7. The van der Waals surface area contributed by atoms with E-state index < -0.39 is 10.8 Å². The first-order chi connectivity index (χ1) is 19.0. The van der Waals surface area contributed by atoms with Crippen LogP contribution in [0.2, 0.25) is 0 Å². The van der Waals surface area contributed by atoms with Crippen molar-refractivity contribution in [3.63, 3.8) is 0 Å². The Morgan fingerprint density at radius 2 is 1.93 bits per heavy atom. The standard InChI is InChI=1S/C29H31IN4O6/c1-29(2)13-22-26(23(35)14-29)25(20(15-31)28(32)33(22)9-10-38-3)18-11-21(30)27(24(12-18)39-4)40-16-17-5-7-19(8-6-17)34(36)37/h5-8,11-12,25H,9-10,13-14,16,32H2,1-4H3/t25-/m1/s1. The molecule has 11 heteroatoms. The number of nitro benzene ring substituents is 1. The number of carbonyl (C=O) groups is 1. The van der Waals surface area contributed by atoms with Crippen LogP contribution >= 0.6 is 22.6 Å². The number of halogens is 1. The molecule has 0 radical (unpaired) electrons. The first-order valence-corrected chi connectivity index (χ1v) is 13.7. The number of nitro groups is 1. The lowest BCUT2D eigenvalue weighted by atomic mass is 9.68. The Hall–Kier alpha value is -3.63. The first kappa shape index (κ1) is 29.4. The molecule has 0 aromatic heterocycles. The second kappa shape index (κ2) is 11.9. The summed E-state index contributed by atoms with van der Waals surface area (Å²) in [6, 6.07) is 12.1. The molecule has 10 nitrogen and oxygen atoms in total. The molecule has 2 N–H and O–H groups in total. The van der Waals surface area contributed by atoms with E-state index in [9.17, 15) is 20.2 Å². The first-order valence-electron chi connectivity index (χ1n) is 12.7. The predicted molar refractivity (Wildman–Crippen MR) is 156 cm³/mol. The Bertz CT molecular complexity index is 1440. The second-order valence-electron chi connectivity index (χ2n) is 10.5. The molecule has 4 rings (SSSR count). The van der Waals surface area contributed by atoms with Gasteiger partial charge in [0.05, 0.1) is 39.8 Å². The van der Waals surface area contributed by atoms with Crippen molar-refractivity contribution in [2.24, 2.45) is 11.1 Å². The van der Waals surface area contributed by atoms with Crippen LogP contribution in [0.25, 0.3) is 0 Å². The largest absolute Gasteiger partial charge is 0.493 e. The van der Waals surface area contributed by atoms with Crippen molar-refractivity contribution >= 4 is 34.1 Å². The summed E-state index contributed by atoms with van der Waals surface area (Å²) in [4.78, 5) is 26.0. The molecule has 2 aromatic carbocycles. The highest BCUT2D eigenvalue weighted by Gasteiger charge is 2.44. The number of nitriles is 1. The van der Waals surface area contributed by atoms with Crippen LogP contribution in [0.15, 0.2) is 59.1 Å². The fraction of sp³-hybridized carbons (Fsp3) is 0.379. The highest BCUT2D eigenvalue weighted by molar-refractivity contribution is 14.1. The van der Waals surface area contributed by atoms with Gasteiger partial charge in [0, 0.05) is 43.5 Å². The van der Waals surface area contributed by atoms with E-state index in [1.165, 1.54) is 19.2 Å². The van der Waals surface area contributed by atoms with Crippen molar-refractivity contribution in [1.82, 2.24) is 4.90 Å². The third-order valence-electron chi connectivity index (χ3n) is 7.12. The highest BCUT2D eigenvalue weighted by atomic mass is 127. The molecule has 0 unspecified atom stereocenters. The fourth-order valence-electron chi connectivity index (χ4n) is 5.26. The number of nitrogens with two attached hydrogens (primary N) is 1. The van der Waals surface area contributed by atoms with Crippen molar-refractivity contribution in [2.45, 2.75) is 39.2 Å². The zero-order valence-electron chi connectivity index (χ0n) is 22.8. The van der Waals surface area contributed by atoms with Gasteiger partial charge in [-0.2, -0.15) is 5.26 Å². The summed E-state index contributed by atoms with van der Waals surface area (Å²) in [5.74, 6) is 0.594. The SMILES string of the molecule is COCCN1C(N)=C(C#N)[C@@H](c2cc(I)c(OCc3ccc([N+](=O)[O-])cc3)c(OC)c2)C2=C1CC(C)(C)CC2=O. The maximum Gasteiger partial charge on any atom is 0.269 e. The van der Waals surface area contributed by atoms with E-state index in [0.29, 0.717) is 60.0 Å². The highest BCUT2D eigenvalue weighted by Crippen LogP contribution is 2.50. The number of carbonyl (C=O) groups excluding carboxylic acids is 1. The Kier molecular flexibility index (Phi) is 8.70. The summed E-state index contributed by atoms with van der Waals surface area (Å²) in [5.41, 5.74) is 9.53. The molecule has 40 heavy (non-hydrogen) atoms. The summed E-state index contributed by atoms with van der Waals surface area (Å²) in [5, 5.41) is 21.2. The molecule has 1 heterocycles. The summed E-state index contributed by atoms with van der Waals surface area (Å²) >= 11 is 2.14. The molecule has 0 saturated carbocycles. The molecule has 0 bridgehead atoms. The number of nitrogens with zero attached hydrogens (tertiary/aromatic N) is 3. The van der Waals surface area contributed by atoms with Crippen LogP contribution in [0.4, 0.5) is 5.69 Å².